The molecule has 0 radical (unpaired) electrons. The molecule has 1 N–H and O–H groups in total. The molecule has 0 atom stereocenters. The highest BCUT2D eigenvalue weighted by Gasteiger charge is 1.91. The van der Waals surface area contributed by atoms with Gasteiger partial charge in [0, 0.05) is 11.1 Å². The van der Waals surface area contributed by atoms with Crippen LogP contribution in [0.1, 0.15) is 11.8 Å². The number of nitrogens with one attached hydrogen (secondary N) is 1. The quantitative estimate of drug-likeness (QED) is 0.665. The first-order valence-corrected chi connectivity index (χ1v) is 4.31. The van der Waals surface area contributed by atoms with Gasteiger partial charge in [-0.1, -0.05) is 6.92 Å². The zero-order valence-electron chi connectivity index (χ0n) is 6.13. The molecule has 0 aliphatic rings. The van der Waals surface area contributed by atoms with Crippen molar-refractivity contribution in [2.24, 2.45) is 0 Å². The fourth-order valence-electron chi connectivity index (χ4n) is 0.759. The first-order chi connectivity index (χ1) is 4.93. The van der Waals surface area contributed by atoms with Crippen LogP contribution in [0.5, 0.6) is 0 Å². The van der Waals surface area contributed by atoms with Gasteiger partial charge in [0.05, 0.1) is 0 Å². The van der Waals surface area contributed by atoms with Gasteiger partial charge in [0.2, 0.25) is 0 Å². The van der Waals surface area contributed by atoms with Crippen molar-refractivity contribution in [2.45, 2.75) is 13.3 Å². The molecule has 1 aromatic rings. The van der Waals surface area contributed by atoms with Gasteiger partial charge in [0.15, 0.2) is 0 Å². The highest BCUT2D eigenvalue weighted by atomic mass is 32.1. The molecule has 1 rings (SSSR count). The molecule has 0 saturated carbocycles. The number of likely N-dealkylation sites (N-methyl/N-ethyl adjacent to an activating group) is 1. The van der Waals surface area contributed by atoms with E-state index in [1.807, 2.05) is 6.20 Å². The molecule has 0 aromatic carbocycles. The van der Waals surface area contributed by atoms with E-state index in [-0.39, 0.29) is 0 Å². The molecule has 0 bridgehead atoms. The van der Waals surface area contributed by atoms with Crippen molar-refractivity contribution in [3.05, 3.63) is 17.1 Å². The summed E-state index contributed by atoms with van der Waals surface area (Å²) < 4.78 is 4.01. The lowest BCUT2D eigenvalue weighted by molar-refractivity contribution is 0.721. The van der Waals surface area contributed by atoms with Gasteiger partial charge in [-0.2, -0.15) is 0 Å². The summed E-state index contributed by atoms with van der Waals surface area (Å²) in [6.45, 7) is 4.24. The maximum Gasteiger partial charge on any atom is 0.0409 e. The van der Waals surface area contributed by atoms with Crippen LogP contribution in [0, 0.1) is 0 Å². The Kier molecular flexibility index (Phi) is 3.40. The van der Waals surface area contributed by atoms with E-state index in [0.29, 0.717) is 0 Å². The summed E-state index contributed by atoms with van der Waals surface area (Å²) in [6, 6.07) is 2.07. The van der Waals surface area contributed by atoms with Crippen molar-refractivity contribution in [3.63, 3.8) is 0 Å². The van der Waals surface area contributed by atoms with Gasteiger partial charge in [0.25, 0.3) is 0 Å². The highest BCUT2D eigenvalue weighted by molar-refractivity contribution is 7.05. The summed E-state index contributed by atoms with van der Waals surface area (Å²) in [5.41, 5.74) is 0. The second kappa shape index (κ2) is 4.41. The van der Waals surface area contributed by atoms with Crippen molar-refractivity contribution >= 4 is 11.5 Å². The van der Waals surface area contributed by atoms with Crippen molar-refractivity contribution in [2.75, 3.05) is 13.1 Å². The van der Waals surface area contributed by atoms with Crippen LogP contribution >= 0.6 is 11.5 Å². The lowest BCUT2D eigenvalue weighted by Crippen LogP contribution is -2.15. The van der Waals surface area contributed by atoms with Crippen LogP contribution in [0.4, 0.5) is 0 Å². The second-order valence-corrected chi connectivity index (χ2v) is 3.00. The fourth-order valence-corrected chi connectivity index (χ4v) is 1.33. The minimum atomic E-state index is 1.05. The molecule has 0 spiro atoms. The molecule has 3 heteroatoms. The fraction of sp³-hybridized carbons (Fsp3) is 0.571. The molecule has 0 unspecified atom stereocenters. The Labute approximate surface area is 65.4 Å². The van der Waals surface area contributed by atoms with Gasteiger partial charge in [-0.3, -0.25) is 0 Å². The number of rotatable bonds is 4. The van der Waals surface area contributed by atoms with Crippen LogP contribution in [0.25, 0.3) is 0 Å². The summed E-state index contributed by atoms with van der Waals surface area (Å²) in [5, 5.41) is 3.27. The Morgan fingerprint density at radius 3 is 3.20 bits per heavy atom. The molecular formula is C7H12N2S. The first kappa shape index (κ1) is 7.69. The van der Waals surface area contributed by atoms with Crippen LogP contribution in [0.2, 0.25) is 0 Å². The third kappa shape index (κ3) is 2.45. The Morgan fingerprint density at radius 2 is 2.60 bits per heavy atom. The molecule has 0 aliphatic heterocycles. The van der Waals surface area contributed by atoms with Crippen LogP contribution in [-0.2, 0) is 6.42 Å². The highest BCUT2D eigenvalue weighted by Crippen LogP contribution is 2.03. The Balaban J connectivity index is 2.15. The molecule has 0 fully saturated rings. The molecule has 2 nitrogen and oxygen atoms in total. The predicted molar refractivity (Wildman–Crippen MR) is 44.4 cm³/mol. The zero-order valence-corrected chi connectivity index (χ0v) is 6.95. The van der Waals surface area contributed by atoms with Crippen molar-refractivity contribution in [1.82, 2.24) is 9.69 Å². The topological polar surface area (TPSA) is 24.9 Å². The maximum atomic E-state index is 4.01. The molecule has 0 amide bonds. The van der Waals surface area contributed by atoms with E-state index >= 15 is 0 Å². The third-order valence-electron chi connectivity index (χ3n) is 1.29. The monoisotopic (exact) mass is 156 g/mol. The van der Waals surface area contributed by atoms with Crippen molar-refractivity contribution in [3.8, 4) is 0 Å². The normalized spacial score (nSPS) is 10.1. The van der Waals surface area contributed by atoms with Gasteiger partial charge in [-0.15, -0.1) is 0 Å². The second-order valence-electron chi connectivity index (χ2n) is 2.08. The molecule has 1 aromatic heterocycles. The molecular weight excluding hydrogens is 144 g/mol. The number of nitrogens with zero attached hydrogens (tertiary/aromatic N) is 1. The third-order valence-corrected chi connectivity index (χ3v) is 2.09. The van der Waals surface area contributed by atoms with Gasteiger partial charge in [-0.25, -0.2) is 4.37 Å². The van der Waals surface area contributed by atoms with Crippen molar-refractivity contribution < 1.29 is 0 Å². The lowest BCUT2D eigenvalue weighted by atomic mass is 10.3. The Hall–Kier alpha value is -0.410. The maximum absolute atomic E-state index is 4.01. The molecule has 1 heterocycles. The first-order valence-electron chi connectivity index (χ1n) is 3.53. The zero-order chi connectivity index (χ0) is 7.23. The lowest BCUT2D eigenvalue weighted by Gasteiger charge is -1.96. The summed E-state index contributed by atoms with van der Waals surface area (Å²) in [6.07, 6.45) is 2.96. The molecule has 56 valence electrons. The molecule has 0 aliphatic carbocycles. The molecule has 10 heavy (non-hydrogen) atoms. The van der Waals surface area contributed by atoms with Crippen LogP contribution in [0.3, 0.4) is 0 Å². The summed E-state index contributed by atoms with van der Waals surface area (Å²) in [5.74, 6) is 0. The van der Waals surface area contributed by atoms with E-state index in [9.17, 15) is 0 Å². The van der Waals surface area contributed by atoms with Crippen LogP contribution in [0.15, 0.2) is 12.3 Å². The van der Waals surface area contributed by atoms with Gasteiger partial charge < -0.3 is 5.32 Å². The van der Waals surface area contributed by atoms with E-state index in [2.05, 4.69) is 22.7 Å². The van der Waals surface area contributed by atoms with Gasteiger partial charge >= 0.3 is 0 Å². The SMILES string of the molecule is CCNCCc1ccns1. The number of aromatic nitrogens is 1. The Bertz CT molecular complexity index is 160. The predicted octanol–water partition coefficient (Wildman–Crippen LogP) is 1.30. The number of hydrogen-bond donors (Lipinski definition) is 1. The van der Waals surface area contributed by atoms with E-state index in [4.69, 9.17) is 0 Å². The smallest absolute Gasteiger partial charge is 0.0409 e. The Morgan fingerprint density at radius 1 is 1.70 bits per heavy atom. The van der Waals surface area contributed by atoms with Crippen LogP contribution < -0.4 is 5.32 Å². The minimum absolute atomic E-state index is 1.05. The standard InChI is InChI=1S/C7H12N2S/c1-2-8-5-3-7-4-6-9-10-7/h4,6,8H,2-3,5H2,1H3. The number of hydrogen-bond acceptors (Lipinski definition) is 3. The van der Waals surface area contributed by atoms with Crippen LogP contribution in [-0.4, -0.2) is 17.5 Å². The summed E-state index contributed by atoms with van der Waals surface area (Å²) >= 11 is 1.58. The largest absolute Gasteiger partial charge is 0.317 e. The van der Waals surface area contributed by atoms with E-state index < -0.39 is 0 Å². The van der Waals surface area contributed by atoms with E-state index in [1.165, 1.54) is 4.88 Å². The summed E-state index contributed by atoms with van der Waals surface area (Å²) in [4.78, 5) is 1.36. The summed E-state index contributed by atoms with van der Waals surface area (Å²) in [7, 11) is 0. The minimum Gasteiger partial charge on any atom is -0.317 e. The van der Waals surface area contributed by atoms with Gasteiger partial charge in [-0.05, 0) is 37.1 Å². The van der Waals surface area contributed by atoms with Gasteiger partial charge in [0.1, 0.15) is 0 Å². The van der Waals surface area contributed by atoms with E-state index in [1.54, 1.807) is 11.5 Å². The molecule has 0 saturated heterocycles. The van der Waals surface area contributed by atoms with E-state index in [0.717, 1.165) is 19.5 Å². The average molecular weight is 156 g/mol. The van der Waals surface area contributed by atoms with Crippen molar-refractivity contribution in [1.29, 1.82) is 0 Å². The average Bonchev–Trinajstić information content (AvgIpc) is 2.41.